The number of nitrogens with one attached hydrogen (secondary N) is 1. The van der Waals surface area contributed by atoms with Gasteiger partial charge >= 0.3 is 0 Å². The number of ether oxygens (including phenoxy) is 2. The molecule has 6 N–H and O–H groups in total. The molecule has 1 fully saturated rings. The maximum Gasteiger partial charge on any atom is 0.231 e. The fourth-order valence-electron chi connectivity index (χ4n) is 5.38. The average Bonchev–Trinajstić information content (AvgIpc) is 3.53. The highest BCUT2D eigenvalue weighted by molar-refractivity contribution is 5.94. The van der Waals surface area contributed by atoms with E-state index in [-0.39, 0.29) is 43.0 Å². The summed E-state index contributed by atoms with van der Waals surface area (Å²) in [6.45, 7) is 0.878. The molecule has 6 rings (SSSR count). The Kier molecular flexibility index (Phi) is 4.33. The number of benzene rings is 2. The molecule has 0 spiro atoms. The first-order chi connectivity index (χ1) is 15.9. The van der Waals surface area contributed by atoms with E-state index in [9.17, 15) is 15.3 Å². The second-order valence-corrected chi connectivity index (χ2v) is 8.79. The van der Waals surface area contributed by atoms with Crippen molar-refractivity contribution in [2.45, 2.75) is 31.2 Å². The van der Waals surface area contributed by atoms with Gasteiger partial charge in [-0.3, -0.25) is 14.9 Å². The molecule has 0 bridgehead atoms. The van der Waals surface area contributed by atoms with Gasteiger partial charge < -0.3 is 30.5 Å². The van der Waals surface area contributed by atoms with Gasteiger partial charge in [-0.05, 0) is 29.7 Å². The van der Waals surface area contributed by atoms with Crippen LogP contribution in [0.4, 0.5) is 0 Å². The van der Waals surface area contributed by atoms with Crippen molar-refractivity contribution in [1.82, 2.24) is 9.47 Å². The Labute approximate surface area is 189 Å². The maximum atomic E-state index is 11.3. The van der Waals surface area contributed by atoms with E-state index in [2.05, 4.69) is 4.90 Å². The molecule has 1 saturated heterocycles. The van der Waals surface area contributed by atoms with Gasteiger partial charge in [0, 0.05) is 29.3 Å². The highest BCUT2D eigenvalue weighted by atomic mass is 16.7. The summed E-state index contributed by atoms with van der Waals surface area (Å²) in [5.41, 5.74) is 9.27. The van der Waals surface area contributed by atoms with Gasteiger partial charge in [-0.15, -0.1) is 0 Å². The highest BCUT2D eigenvalue weighted by Gasteiger charge is 2.50. The molecule has 9 nitrogen and oxygen atoms in total. The van der Waals surface area contributed by atoms with E-state index in [0.717, 1.165) is 11.1 Å². The van der Waals surface area contributed by atoms with Crippen molar-refractivity contribution in [3.05, 3.63) is 70.3 Å². The van der Waals surface area contributed by atoms with Crippen LogP contribution in [0.25, 0.3) is 0 Å². The molecule has 1 aromatic heterocycles. The lowest BCUT2D eigenvalue weighted by atomic mass is 9.97. The van der Waals surface area contributed by atoms with E-state index >= 15 is 0 Å². The van der Waals surface area contributed by atoms with Crippen LogP contribution < -0.4 is 15.2 Å². The smallest absolute Gasteiger partial charge is 0.231 e. The Morgan fingerprint density at radius 1 is 1.03 bits per heavy atom. The first-order valence-electron chi connectivity index (χ1n) is 10.8. The number of aliphatic hydroxyl groups is 1. The molecule has 0 aliphatic carbocycles. The predicted octanol–water partition coefficient (Wildman–Crippen LogP) is 2.17. The van der Waals surface area contributed by atoms with Crippen LogP contribution in [0.2, 0.25) is 0 Å². The molecule has 3 atom stereocenters. The summed E-state index contributed by atoms with van der Waals surface area (Å²) in [6.07, 6.45) is -0.0309. The average molecular weight is 448 g/mol. The molecule has 2 aromatic carbocycles. The monoisotopic (exact) mass is 448 g/mol. The van der Waals surface area contributed by atoms with E-state index < -0.39 is 6.10 Å². The molecule has 3 aromatic rings. The Bertz CT molecular complexity index is 1270. The van der Waals surface area contributed by atoms with Crippen LogP contribution in [-0.2, 0) is 6.54 Å². The van der Waals surface area contributed by atoms with E-state index in [1.165, 1.54) is 4.57 Å². The number of hydrogen-bond donors (Lipinski definition) is 5. The third-order valence-electron chi connectivity index (χ3n) is 6.85. The predicted molar refractivity (Wildman–Crippen MR) is 119 cm³/mol. The first kappa shape index (κ1) is 20.0. The maximum absolute atomic E-state index is 11.3. The number of nitrogens with two attached hydrogens (primary N) is 1. The summed E-state index contributed by atoms with van der Waals surface area (Å²) in [7, 11) is 0. The van der Waals surface area contributed by atoms with Gasteiger partial charge in [0.15, 0.2) is 23.3 Å². The Hall–Kier alpha value is -3.69. The van der Waals surface area contributed by atoms with Gasteiger partial charge in [0.1, 0.15) is 5.84 Å². The molecular formula is C24H24N4O5. The highest BCUT2D eigenvalue weighted by Crippen LogP contribution is 2.57. The van der Waals surface area contributed by atoms with Crippen LogP contribution >= 0.6 is 0 Å². The lowest BCUT2D eigenvalue weighted by molar-refractivity contribution is 0.165. The van der Waals surface area contributed by atoms with Gasteiger partial charge in [-0.2, -0.15) is 0 Å². The van der Waals surface area contributed by atoms with Crippen molar-refractivity contribution in [3.8, 4) is 23.3 Å². The molecule has 0 saturated carbocycles. The number of fused-ring (bicyclic) bond motifs is 4. The van der Waals surface area contributed by atoms with E-state index in [1.807, 2.05) is 30.3 Å². The fourth-order valence-corrected chi connectivity index (χ4v) is 5.38. The van der Waals surface area contributed by atoms with E-state index in [0.29, 0.717) is 41.2 Å². The summed E-state index contributed by atoms with van der Waals surface area (Å²) in [4.78, 5) is 2.11. The van der Waals surface area contributed by atoms with Gasteiger partial charge in [-0.1, -0.05) is 30.3 Å². The number of hydrogen-bond acceptors (Lipinski definition) is 7. The second kappa shape index (κ2) is 7.16. The van der Waals surface area contributed by atoms with Gasteiger partial charge in [0.25, 0.3) is 0 Å². The Morgan fingerprint density at radius 3 is 2.52 bits per heavy atom. The molecule has 170 valence electrons. The number of amidine groups is 1. The number of aliphatic hydroxyl groups excluding tert-OH is 1. The van der Waals surface area contributed by atoms with Crippen molar-refractivity contribution in [1.29, 1.82) is 5.41 Å². The number of aromatic hydroxyl groups is 2. The van der Waals surface area contributed by atoms with Crippen molar-refractivity contribution in [2.24, 2.45) is 5.73 Å². The lowest BCUT2D eigenvalue weighted by Gasteiger charge is -2.26. The summed E-state index contributed by atoms with van der Waals surface area (Å²) in [5, 5.41) is 40.5. The Morgan fingerprint density at radius 2 is 1.76 bits per heavy atom. The zero-order valence-corrected chi connectivity index (χ0v) is 17.7. The van der Waals surface area contributed by atoms with Crippen LogP contribution in [-0.4, -0.2) is 50.1 Å². The molecule has 0 amide bonds. The quantitative estimate of drug-likeness (QED) is 0.305. The van der Waals surface area contributed by atoms with Crippen LogP contribution in [0.3, 0.4) is 0 Å². The van der Waals surface area contributed by atoms with Crippen molar-refractivity contribution < 1.29 is 24.8 Å². The van der Waals surface area contributed by atoms with Crippen molar-refractivity contribution in [2.75, 3.05) is 13.3 Å². The third-order valence-corrected chi connectivity index (χ3v) is 6.85. The van der Waals surface area contributed by atoms with Crippen LogP contribution in [0, 0.1) is 5.41 Å². The normalized spacial score (nSPS) is 23.0. The Balaban J connectivity index is 1.43. The van der Waals surface area contributed by atoms with Crippen LogP contribution in [0.1, 0.15) is 46.3 Å². The molecule has 0 radical (unpaired) electrons. The largest absolute Gasteiger partial charge is 0.494 e. The summed E-state index contributed by atoms with van der Waals surface area (Å²) in [5.74, 6) is 1.31. The number of aromatic nitrogens is 1. The molecule has 9 heteroatoms. The second-order valence-electron chi connectivity index (χ2n) is 8.79. The lowest BCUT2D eigenvalue weighted by Crippen LogP contribution is -2.25. The topological polar surface area (TPSA) is 137 Å². The zero-order chi connectivity index (χ0) is 22.9. The molecule has 33 heavy (non-hydrogen) atoms. The summed E-state index contributed by atoms with van der Waals surface area (Å²) < 4.78 is 12.3. The minimum atomic E-state index is -0.513. The standard InChI is InChI=1S/C24H24N4O5/c25-22(26)14-4-2-13(3-5-14)21-20-19(16-8-15(29)10-27(16)21)23(30)28(24(20)31)9-12-1-6-17-18(7-12)33-11-32-17/h1-7,15-16,21,29-31H,8-11H2,(H3,25,26). The molecule has 3 aliphatic heterocycles. The van der Waals surface area contributed by atoms with Crippen LogP contribution in [0.5, 0.6) is 23.3 Å². The summed E-state index contributed by atoms with van der Waals surface area (Å²) in [6, 6.07) is 12.3. The van der Waals surface area contributed by atoms with Gasteiger partial charge in [0.05, 0.1) is 18.7 Å². The third kappa shape index (κ3) is 2.96. The van der Waals surface area contributed by atoms with Gasteiger partial charge in [-0.25, -0.2) is 0 Å². The molecular weight excluding hydrogens is 424 g/mol. The van der Waals surface area contributed by atoms with Crippen molar-refractivity contribution in [3.63, 3.8) is 0 Å². The van der Waals surface area contributed by atoms with E-state index in [4.69, 9.17) is 20.6 Å². The fraction of sp³-hybridized carbons (Fsp3) is 0.292. The minimum absolute atomic E-state index is 0.00435. The number of nitrogen functional groups attached to an aromatic ring is 1. The van der Waals surface area contributed by atoms with Crippen molar-refractivity contribution >= 4 is 5.84 Å². The van der Waals surface area contributed by atoms with Gasteiger partial charge in [0.2, 0.25) is 6.79 Å². The SMILES string of the molecule is N=C(N)c1ccc(C2c3c(c(O)n(Cc4ccc5c(c4)OCO5)c3O)C3CC(O)CN32)cc1. The van der Waals surface area contributed by atoms with E-state index in [1.54, 1.807) is 12.1 Å². The molecule has 3 aliphatic rings. The first-order valence-corrected chi connectivity index (χ1v) is 10.8. The number of rotatable bonds is 4. The van der Waals surface area contributed by atoms with Crippen LogP contribution in [0.15, 0.2) is 42.5 Å². The number of nitrogens with zero attached hydrogens (tertiary/aromatic N) is 2. The molecule has 3 unspecified atom stereocenters. The molecule has 4 heterocycles. The minimum Gasteiger partial charge on any atom is -0.494 e. The zero-order valence-electron chi connectivity index (χ0n) is 17.7. The summed E-state index contributed by atoms with van der Waals surface area (Å²) >= 11 is 0.